The first-order valence-electron chi connectivity index (χ1n) is 9.97. The third kappa shape index (κ3) is 5.75. The smallest absolute Gasteiger partial charge is 0.497 e. The van der Waals surface area contributed by atoms with Crippen LogP contribution in [0.1, 0.15) is 23.7 Å². The summed E-state index contributed by atoms with van der Waals surface area (Å²) in [6.07, 6.45) is 2.16. The van der Waals surface area contributed by atoms with Crippen LogP contribution in [-0.2, 0) is 15.5 Å². The van der Waals surface area contributed by atoms with Crippen molar-refractivity contribution in [3.63, 3.8) is 0 Å². The van der Waals surface area contributed by atoms with Gasteiger partial charge in [-0.05, 0) is 60.5 Å². The highest BCUT2D eigenvalue weighted by Crippen LogP contribution is 2.42. The minimum Gasteiger partial charge on any atom is -0.497 e. The summed E-state index contributed by atoms with van der Waals surface area (Å²) in [6, 6.07) is 8.90. The van der Waals surface area contributed by atoms with E-state index < -0.39 is 14.3 Å². The van der Waals surface area contributed by atoms with Gasteiger partial charge in [0.05, 0.1) is 28.4 Å². The van der Waals surface area contributed by atoms with Gasteiger partial charge in [-0.2, -0.15) is 0 Å². The largest absolute Gasteiger partial charge is 0.650 e. The lowest BCUT2D eigenvalue weighted by molar-refractivity contribution is 0.163. The highest BCUT2D eigenvalue weighted by molar-refractivity contribution is 7.37. The Morgan fingerprint density at radius 3 is 2.44 bits per heavy atom. The van der Waals surface area contributed by atoms with Crippen LogP contribution in [0.2, 0.25) is 15.1 Å². The van der Waals surface area contributed by atoms with Crippen LogP contribution in [0.25, 0.3) is 10.9 Å². The number of ether oxygens (including phenoxy) is 1. The summed E-state index contributed by atoms with van der Waals surface area (Å²) >= 11 is 18.4. The molecule has 0 aliphatic carbocycles. The second-order valence-electron chi connectivity index (χ2n) is 7.58. The molecule has 1 heterocycles. The second kappa shape index (κ2) is 11.2. The Hall–Kier alpha value is -1.37. The molecule has 0 saturated carbocycles. The van der Waals surface area contributed by atoms with Crippen LogP contribution in [0, 0.1) is 0 Å². The van der Waals surface area contributed by atoms with Crippen LogP contribution in [0.15, 0.2) is 36.5 Å². The average Bonchev–Trinajstić information content (AvgIpc) is 3.13. The maximum absolute atomic E-state index is 13.4. The molecule has 1 N–H and O–H groups in total. The molecule has 3 aromatic rings. The Morgan fingerprint density at radius 1 is 1.16 bits per heavy atom. The van der Waals surface area contributed by atoms with Gasteiger partial charge >= 0.3 is 8.18 Å². The van der Waals surface area contributed by atoms with E-state index in [1.165, 1.54) is 0 Å². The Kier molecular flexibility index (Phi) is 8.82. The van der Waals surface area contributed by atoms with E-state index in [2.05, 4.69) is 4.90 Å². The van der Waals surface area contributed by atoms with E-state index in [1.807, 2.05) is 38.5 Å². The van der Waals surface area contributed by atoms with Gasteiger partial charge in [0.1, 0.15) is 17.4 Å². The highest BCUT2D eigenvalue weighted by atomic mass is 35.5. The first-order chi connectivity index (χ1) is 15.2. The number of halogens is 3. The number of benzene rings is 2. The van der Waals surface area contributed by atoms with Crippen molar-refractivity contribution in [3.8, 4) is 5.75 Å². The first kappa shape index (κ1) is 25.3. The predicted octanol–water partition coefficient (Wildman–Crippen LogP) is 6.36. The number of nitrogens with zero attached hydrogens (tertiary/aromatic N) is 2. The van der Waals surface area contributed by atoms with E-state index in [4.69, 9.17) is 44.1 Å². The van der Waals surface area contributed by atoms with Crippen molar-refractivity contribution in [2.75, 3.05) is 34.4 Å². The zero-order valence-corrected chi connectivity index (χ0v) is 21.2. The lowest BCUT2D eigenvalue weighted by Crippen LogP contribution is -2.14. The molecule has 3 rings (SSSR count). The molecule has 2 unspecified atom stereocenters. The quantitative estimate of drug-likeness (QED) is 0.250. The fourth-order valence-electron chi connectivity index (χ4n) is 3.38. The number of fused-ring (bicyclic) bond motifs is 1. The SMILES string of the molecule is COc1ccc2c(CCN(C)C)cn([P+](=O)OC(CCO)c3cc(Cl)c(Cl)c(Cl)c3)c2c1. The number of hydrogen-bond acceptors (Lipinski definition) is 5. The Morgan fingerprint density at radius 2 is 1.84 bits per heavy atom. The summed E-state index contributed by atoms with van der Waals surface area (Å²) < 4.78 is 26.3. The average molecular weight is 519 g/mol. The van der Waals surface area contributed by atoms with E-state index in [-0.39, 0.29) is 28.1 Å². The molecule has 0 saturated heterocycles. The molecule has 0 aliphatic heterocycles. The molecule has 0 spiro atoms. The van der Waals surface area contributed by atoms with E-state index in [0.717, 1.165) is 29.4 Å². The van der Waals surface area contributed by atoms with Crippen LogP contribution < -0.4 is 4.74 Å². The summed E-state index contributed by atoms with van der Waals surface area (Å²) in [5, 5.41) is 11.3. The summed E-state index contributed by atoms with van der Waals surface area (Å²) in [4.78, 5) is 2.09. The molecule has 2 atom stereocenters. The zero-order chi connectivity index (χ0) is 23.4. The number of aliphatic hydroxyl groups excluding tert-OH is 1. The standard InChI is InChI=1S/C22H25Cl3N2O4P/c1-26(2)8-6-14-13-27(20-12-16(30-3)4-5-17(14)20)32(29)31-21(7-9-28)15-10-18(23)22(25)19(24)11-15/h4-5,10-13,21,28H,6-9H2,1-3H3/q+1. The van der Waals surface area contributed by atoms with Gasteiger partial charge in [-0.1, -0.05) is 34.8 Å². The van der Waals surface area contributed by atoms with Gasteiger partial charge in [-0.25, -0.2) is 0 Å². The van der Waals surface area contributed by atoms with Gasteiger partial charge in [-0.15, -0.1) is 8.86 Å². The lowest BCUT2D eigenvalue weighted by Gasteiger charge is -2.12. The molecule has 0 fully saturated rings. The number of aliphatic hydroxyl groups is 1. The van der Waals surface area contributed by atoms with Crippen LogP contribution >= 0.6 is 43.0 Å². The van der Waals surface area contributed by atoms with E-state index in [1.54, 1.807) is 23.6 Å². The lowest BCUT2D eigenvalue weighted by atomic mass is 10.1. The third-order valence-electron chi connectivity index (χ3n) is 5.07. The molecular weight excluding hydrogens is 494 g/mol. The van der Waals surface area contributed by atoms with E-state index in [9.17, 15) is 9.67 Å². The van der Waals surface area contributed by atoms with Crippen LogP contribution in [-0.4, -0.2) is 48.7 Å². The summed E-state index contributed by atoms with van der Waals surface area (Å²) in [5.74, 6) is 0.655. The minimum atomic E-state index is -2.33. The molecule has 0 bridgehead atoms. The molecule has 10 heteroatoms. The Balaban J connectivity index is 1.98. The van der Waals surface area contributed by atoms with Gasteiger partial charge in [0.2, 0.25) is 0 Å². The number of aromatic nitrogens is 1. The van der Waals surface area contributed by atoms with Gasteiger partial charge in [0, 0.05) is 31.0 Å². The van der Waals surface area contributed by atoms with Crippen molar-refractivity contribution in [1.29, 1.82) is 0 Å². The molecule has 0 amide bonds. The summed E-state index contributed by atoms with van der Waals surface area (Å²) in [7, 11) is 3.27. The van der Waals surface area contributed by atoms with Gasteiger partial charge < -0.3 is 14.7 Å². The molecular formula is C22H25Cl3N2O4P+. The van der Waals surface area contributed by atoms with Crippen LogP contribution in [0.4, 0.5) is 0 Å². The van der Waals surface area contributed by atoms with Crippen molar-refractivity contribution in [2.24, 2.45) is 0 Å². The predicted molar refractivity (Wildman–Crippen MR) is 131 cm³/mol. The maximum atomic E-state index is 13.4. The number of likely N-dealkylation sites (N-methyl/N-ethyl adjacent to an activating group) is 1. The normalized spacial score (nSPS) is 13.1. The second-order valence-corrected chi connectivity index (χ2v) is 9.89. The molecule has 172 valence electrons. The maximum Gasteiger partial charge on any atom is 0.650 e. The monoisotopic (exact) mass is 517 g/mol. The van der Waals surface area contributed by atoms with Crippen molar-refractivity contribution in [3.05, 3.63) is 62.7 Å². The zero-order valence-electron chi connectivity index (χ0n) is 18.0. The van der Waals surface area contributed by atoms with Crippen LogP contribution in [0.5, 0.6) is 5.75 Å². The van der Waals surface area contributed by atoms with Gasteiger partial charge in [-0.3, -0.25) is 0 Å². The topological polar surface area (TPSA) is 63.9 Å². The fraction of sp³-hybridized carbons (Fsp3) is 0.364. The number of methoxy groups -OCH3 is 1. The van der Waals surface area contributed by atoms with Crippen molar-refractivity contribution in [2.45, 2.75) is 18.9 Å². The van der Waals surface area contributed by atoms with Crippen molar-refractivity contribution >= 4 is 53.9 Å². The number of hydrogen-bond donors (Lipinski definition) is 1. The summed E-state index contributed by atoms with van der Waals surface area (Å²) in [5.41, 5.74) is 2.39. The molecule has 0 aliphatic rings. The van der Waals surface area contributed by atoms with Gasteiger partial charge in [0.15, 0.2) is 0 Å². The fourth-order valence-corrected chi connectivity index (χ4v) is 5.12. The molecule has 6 nitrogen and oxygen atoms in total. The molecule has 0 radical (unpaired) electrons. The van der Waals surface area contributed by atoms with E-state index >= 15 is 0 Å². The molecule has 32 heavy (non-hydrogen) atoms. The third-order valence-corrected chi connectivity index (χ3v) is 7.38. The summed E-state index contributed by atoms with van der Waals surface area (Å²) in [6.45, 7) is 0.678. The molecule has 2 aromatic carbocycles. The highest BCUT2D eigenvalue weighted by Gasteiger charge is 2.32. The Labute approximate surface area is 203 Å². The van der Waals surface area contributed by atoms with Crippen LogP contribution in [0.3, 0.4) is 0 Å². The van der Waals surface area contributed by atoms with Crippen molar-refractivity contribution < 1.29 is 18.9 Å². The van der Waals surface area contributed by atoms with Crippen molar-refractivity contribution in [1.82, 2.24) is 9.24 Å². The Bertz CT molecular complexity index is 1100. The first-order valence-corrected chi connectivity index (χ1v) is 12.2. The van der Waals surface area contributed by atoms with Gasteiger partial charge in [0.25, 0.3) is 0 Å². The van der Waals surface area contributed by atoms with E-state index in [0.29, 0.717) is 11.3 Å². The minimum absolute atomic E-state index is 0.167. The molecule has 1 aromatic heterocycles. The number of rotatable bonds is 10.